The molecule has 0 radical (unpaired) electrons. The molecule has 29 heavy (non-hydrogen) atoms. The molecule has 0 aromatic heterocycles. The number of benzene rings is 1. The van der Waals surface area contributed by atoms with Crippen LogP contribution < -0.4 is 16.0 Å². The minimum absolute atomic E-state index is 0. The Morgan fingerprint density at radius 2 is 2.03 bits per heavy atom. The second-order valence-electron chi connectivity index (χ2n) is 7.73. The standard InChI is InChI=1S/C22H36N4O2.HI/c1-4-23-22(24-12-14-28-13-11-17(2)3)25-16-18-7-5-10-20(15-18)26-21(27)19-8-6-9-19;/h5,7,10,15,17,19H,4,6,8-9,11-14,16H2,1-3H3,(H,26,27)(H2,23,24,25);1H. The molecule has 0 spiro atoms. The molecule has 164 valence electrons. The first-order valence-electron chi connectivity index (χ1n) is 10.6. The van der Waals surface area contributed by atoms with Gasteiger partial charge in [0.05, 0.1) is 13.2 Å². The van der Waals surface area contributed by atoms with Gasteiger partial charge in [0, 0.05) is 31.3 Å². The molecular weight excluding hydrogens is 479 g/mol. The summed E-state index contributed by atoms with van der Waals surface area (Å²) in [5.74, 6) is 1.77. The van der Waals surface area contributed by atoms with Crippen LogP contribution in [-0.4, -0.2) is 38.2 Å². The Balaban J connectivity index is 0.00000420. The Morgan fingerprint density at radius 3 is 2.69 bits per heavy atom. The smallest absolute Gasteiger partial charge is 0.227 e. The number of amides is 1. The molecule has 3 N–H and O–H groups in total. The first-order valence-corrected chi connectivity index (χ1v) is 10.6. The van der Waals surface area contributed by atoms with Gasteiger partial charge < -0.3 is 20.7 Å². The summed E-state index contributed by atoms with van der Waals surface area (Å²) in [6, 6.07) is 7.92. The Morgan fingerprint density at radius 1 is 1.24 bits per heavy atom. The monoisotopic (exact) mass is 516 g/mol. The fourth-order valence-corrected chi connectivity index (χ4v) is 2.84. The van der Waals surface area contributed by atoms with Crippen LogP contribution in [0.1, 0.15) is 52.0 Å². The zero-order chi connectivity index (χ0) is 20.2. The molecule has 0 unspecified atom stereocenters. The maximum atomic E-state index is 12.1. The highest BCUT2D eigenvalue weighted by atomic mass is 127. The number of carbonyl (C=O) groups excluding carboxylic acids is 1. The van der Waals surface area contributed by atoms with E-state index in [1.807, 2.05) is 31.2 Å². The lowest BCUT2D eigenvalue weighted by atomic mass is 9.85. The highest BCUT2D eigenvalue weighted by molar-refractivity contribution is 14.0. The maximum absolute atomic E-state index is 12.1. The van der Waals surface area contributed by atoms with Crippen LogP contribution in [-0.2, 0) is 16.1 Å². The summed E-state index contributed by atoms with van der Waals surface area (Å²) in [4.78, 5) is 16.8. The maximum Gasteiger partial charge on any atom is 0.227 e. The van der Waals surface area contributed by atoms with E-state index in [9.17, 15) is 4.79 Å². The molecule has 0 saturated heterocycles. The van der Waals surface area contributed by atoms with Gasteiger partial charge in [0.1, 0.15) is 0 Å². The van der Waals surface area contributed by atoms with E-state index in [2.05, 4.69) is 34.8 Å². The molecule has 1 aromatic rings. The van der Waals surface area contributed by atoms with E-state index < -0.39 is 0 Å². The Kier molecular flexibility index (Phi) is 12.9. The zero-order valence-corrected chi connectivity index (χ0v) is 20.3. The third-order valence-corrected chi connectivity index (χ3v) is 4.81. The summed E-state index contributed by atoms with van der Waals surface area (Å²) < 4.78 is 5.64. The largest absolute Gasteiger partial charge is 0.380 e. The number of aliphatic imine (C=N–C) groups is 1. The summed E-state index contributed by atoms with van der Waals surface area (Å²) in [6.45, 7) is 9.99. The molecule has 0 aliphatic heterocycles. The van der Waals surface area contributed by atoms with E-state index in [-0.39, 0.29) is 35.8 Å². The average molecular weight is 516 g/mol. The SMILES string of the molecule is CCNC(=NCc1cccc(NC(=O)C2CCC2)c1)NCCOCCC(C)C.I. The van der Waals surface area contributed by atoms with E-state index in [0.29, 0.717) is 19.1 Å². The van der Waals surface area contributed by atoms with Crippen LogP contribution in [0, 0.1) is 11.8 Å². The number of guanidine groups is 1. The Labute approximate surface area is 192 Å². The highest BCUT2D eigenvalue weighted by Crippen LogP contribution is 2.27. The van der Waals surface area contributed by atoms with E-state index >= 15 is 0 Å². The molecule has 1 aliphatic carbocycles. The van der Waals surface area contributed by atoms with Gasteiger partial charge in [-0.05, 0) is 49.8 Å². The first kappa shape index (κ1) is 25.7. The molecule has 7 heteroatoms. The number of hydrogen-bond acceptors (Lipinski definition) is 3. The minimum atomic E-state index is 0. The summed E-state index contributed by atoms with van der Waals surface area (Å²) >= 11 is 0. The quantitative estimate of drug-likeness (QED) is 0.179. The number of halogens is 1. The lowest BCUT2D eigenvalue weighted by Gasteiger charge is -2.24. The number of carbonyl (C=O) groups is 1. The second kappa shape index (κ2) is 14.6. The predicted octanol–water partition coefficient (Wildman–Crippen LogP) is 4.16. The molecule has 6 nitrogen and oxygen atoms in total. The van der Waals surface area contributed by atoms with Gasteiger partial charge in [-0.1, -0.05) is 32.4 Å². The molecule has 1 saturated carbocycles. The van der Waals surface area contributed by atoms with Crippen molar-refractivity contribution >= 4 is 41.5 Å². The zero-order valence-electron chi connectivity index (χ0n) is 18.0. The molecule has 0 atom stereocenters. The Bertz CT molecular complexity index is 633. The molecule has 1 amide bonds. The van der Waals surface area contributed by atoms with E-state index in [1.54, 1.807) is 0 Å². The van der Waals surface area contributed by atoms with Gasteiger partial charge in [-0.2, -0.15) is 0 Å². The van der Waals surface area contributed by atoms with Crippen LogP contribution in [0.15, 0.2) is 29.3 Å². The van der Waals surface area contributed by atoms with Gasteiger partial charge in [0.15, 0.2) is 5.96 Å². The topological polar surface area (TPSA) is 74.8 Å². The lowest BCUT2D eigenvalue weighted by molar-refractivity contribution is -0.122. The molecule has 1 fully saturated rings. The van der Waals surface area contributed by atoms with E-state index in [0.717, 1.165) is 62.6 Å². The predicted molar refractivity (Wildman–Crippen MR) is 131 cm³/mol. The number of hydrogen-bond donors (Lipinski definition) is 3. The third-order valence-electron chi connectivity index (χ3n) is 4.81. The van der Waals surface area contributed by atoms with Crippen molar-refractivity contribution in [1.29, 1.82) is 0 Å². The second-order valence-corrected chi connectivity index (χ2v) is 7.73. The molecule has 0 bridgehead atoms. The summed E-state index contributed by atoms with van der Waals surface area (Å²) in [6.07, 6.45) is 4.26. The van der Waals surface area contributed by atoms with Crippen molar-refractivity contribution in [2.24, 2.45) is 16.8 Å². The van der Waals surface area contributed by atoms with Crippen LogP contribution >= 0.6 is 24.0 Å². The summed E-state index contributed by atoms with van der Waals surface area (Å²) in [7, 11) is 0. The number of nitrogens with zero attached hydrogens (tertiary/aromatic N) is 1. The van der Waals surface area contributed by atoms with Gasteiger partial charge in [-0.15, -0.1) is 24.0 Å². The number of rotatable bonds is 11. The third kappa shape index (κ3) is 10.3. The van der Waals surface area contributed by atoms with Crippen LogP contribution in [0.3, 0.4) is 0 Å². The minimum Gasteiger partial charge on any atom is -0.380 e. The van der Waals surface area contributed by atoms with Crippen LogP contribution in [0.25, 0.3) is 0 Å². The van der Waals surface area contributed by atoms with Crippen molar-refractivity contribution in [3.8, 4) is 0 Å². The number of anilines is 1. The molecule has 1 aliphatic rings. The van der Waals surface area contributed by atoms with E-state index in [1.165, 1.54) is 0 Å². The van der Waals surface area contributed by atoms with Crippen LogP contribution in [0.2, 0.25) is 0 Å². The molecule has 2 rings (SSSR count). The fraction of sp³-hybridized carbons (Fsp3) is 0.636. The summed E-state index contributed by atoms with van der Waals surface area (Å²) in [5, 5.41) is 9.58. The van der Waals surface area contributed by atoms with Crippen molar-refractivity contribution in [3.63, 3.8) is 0 Å². The van der Waals surface area contributed by atoms with Gasteiger partial charge in [0.2, 0.25) is 5.91 Å². The summed E-state index contributed by atoms with van der Waals surface area (Å²) in [5.41, 5.74) is 1.91. The normalized spacial score (nSPS) is 14.1. The number of ether oxygens (including phenoxy) is 1. The van der Waals surface area contributed by atoms with Crippen molar-refractivity contribution in [2.45, 2.75) is 53.0 Å². The highest BCUT2D eigenvalue weighted by Gasteiger charge is 2.25. The van der Waals surface area contributed by atoms with Crippen LogP contribution in [0.4, 0.5) is 5.69 Å². The average Bonchev–Trinajstić information content (AvgIpc) is 2.61. The van der Waals surface area contributed by atoms with E-state index in [4.69, 9.17) is 4.74 Å². The molecule has 0 heterocycles. The Hall–Kier alpha value is -1.35. The van der Waals surface area contributed by atoms with Crippen molar-refractivity contribution < 1.29 is 9.53 Å². The van der Waals surface area contributed by atoms with Crippen LogP contribution in [0.5, 0.6) is 0 Å². The van der Waals surface area contributed by atoms with Gasteiger partial charge >= 0.3 is 0 Å². The van der Waals surface area contributed by atoms with Gasteiger partial charge in [-0.25, -0.2) is 4.99 Å². The number of nitrogens with one attached hydrogen (secondary N) is 3. The van der Waals surface area contributed by atoms with Crippen molar-refractivity contribution in [3.05, 3.63) is 29.8 Å². The van der Waals surface area contributed by atoms with Crippen molar-refractivity contribution in [2.75, 3.05) is 31.6 Å². The molecule has 1 aromatic carbocycles. The van der Waals surface area contributed by atoms with Gasteiger partial charge in [-0.3, -0.25) is 4.79 Å². The van der Waals surface area contributed by atoms with Gasteiger partial charge in [0.25, 0.3) is 0 Å². The fourth-order valence-electron chi connectivity index (χ4n) is 2.84. The molecular formula is C22H37IN4O2. The first-order chi connectivity index (χ1) is 13.6. The van der Waals surface area contributed by atoms with Crippen molar-refractivity contribution in [1.82, 2.24) is 10.6 Å². The lowest BCUT2D eigenvalue weighted by Crippen LogP contribution is -2.39.